The number of carbonyl (C=O) groups excluding carboxylic acids is 1. The fraction of sp³-hybridized carbons (Fsp3) is 0.900. The number of thiol groups is 1. The maximum Gasteiger partial charge on any atom is 0.346 e. The average Bonchev–Trinajstić information content (AvgIpc) is 2.22. The van der Waals surface area contributed by atoms with Crippen molar-refractivity contribution in [3.8, 4) is 0 Å². The van der Waals surface area contributed by atoms with Gasteiger partial charge in [0.15, 0.2) is 6.10 Å². The van der Waals surface area contributed by atoms with Crippen molar-refractivity contribution in [3.63, 3.8) is 0 Å². The third-order valence-corrected chi connectivity index (χ3v) is 2.64. The van der Waals surface area contributed by atoms with Crippen LogP contribution in [-0.2, 0) is 8.98 Å². The van der Waals surface area contributed by atoms with Crippen LogP contribution in [0.5, 0.6) is 0 Å². The van der Waals surface area contributed by atoms with Gasteiger partial charge in [0.05, 0.1) is 0 Å². The van der Waals surface area contributed by atoms with Crippen molar-refractivity contribution in [3.05, 3.63) is 0 Å². The smallest absolute Gasteiger partial charge is 0.346 e. The molecule has 0 aliphatic carbocycles. The van der Waals surface area contributed by atoms with Gasteiger partial charge in [-0.3, -0.25) is 0 Å². The van der Waals surface area contributed by atoms with E-state index in [0.29, 0.717) is 12.3 Å². The van der Waals surface area contributed by atoms with Crippen LogP contribution in [0, 0.1) is 5.92 Å². The molecule has 0 saturated carbocycles. The molecule has 0 aromatic carbocycles. The first-order valence-electron chi connectivity index (χ1n) is 5.18. The van der Waals surface area contributed by atoms with Gasteiger partial charge >= 0.3 is 5.97 Å². The van der Waals surface area contributed by atoms with E-state index in [4.69, 9.17) is 0 Å². The first kappa shape index (κ1) is 13.8. The molecule has 0 spiro atoms. The molecule has 0 radical (unpaired) electrons. The minimum absolute atomic E-state index is 0.400. The third kappa shape index (κ3) is 5.50. The highest BCUT2D eigenvalue weighted by atomic mass is 32.1. The van der Waals surface area contributed by atoms with Gasteiger partial charge in [-0.15, -0.1) is 0 Å². The van der Waals surface area contributed by atoms with Gasteiger partial charge in [-0.05, 0) is 12.3 Å². The van der Waals surface area contributed by atoms with Crippen molar-refractivity contribution >= 4 is 18.9 Å². The highest BCUT2D eigenvalue weighted by molar-refractivity contribution is 7.75. The third-order valence-electron chi connectivity index (χ3n) is 2.46. The summed E-state index contributed by atoms with van der Waals surface area (Å²) in [6, 6.07) is 0. The van der Waals surface area contributed by atoms with Gasteiger partial charge in [0, 0.05) is 12.9 Å². The molecule has 2 unspecified atom stereocenters. The van der Waals surface area contributed by atoms with Crippen LogP contribution in [0.15, 0.2) is 0 Å². The molecule has 3 nitrogen and oxygen atoms in total. The van der Waals surface area contributed by atoms with E-state index in [1.165, 1.54) is 0 Å². The van der Waals surface area contributed by atoms with Crippen LogP contribution in [0.3, 0.4) is 0 Å². The van der Waals surface area contributed by atoms with Gasteiger partial charge in [-0.2, -0.15) is 0 Å². The highest BCUT2D eigenvalue weighted by Gasteiger charge is 2.20. The van der Waals surface area contributed by atoms with E-state index < -0.39 is 12.1 Å². The second-order valence-corrected chi connectivity index (χ2v) is 3.76. The Morgan fingerprint density at radius 2 is 2.14 bits per heavy atom. The number of rotatable bonds is 7. The summed E-state index contributed by atoms with van der Waals surface area (Å²) in [6.07, 6.45) is 3.79. The first-order valence-corrected chi connectivity index (χ1v) is 5.55. The fourth-order valence-corrected chi connectivity index (χ4v) is 1.58. The van der Waals surface area contributed by atoms with E-state index >= 15 is 0 Å². The zero-order valence-electron chi connectivity index (χ0n) is 8.90. The molecule has 2 atom stereocenters. The molecular weight excluding hydrogens is 200 g/mol. The van der Waals surface area contributed by atoms with Crippen LogP contribution in [0.25, 0.3) is 0 Å². The number of unbranched alkanes of at least 4 members (excludes halogenated alkanes) is 1. The second-order valence-electron chi connectivity index (χ2n) is 3.58. The maximum atomic E-state index is 10.9. The zero-order valence-corrected chi connectivity index (χ0v) is 9.80. The number of hydrogen-bond donors (Lipinski definition) is 2. The lowest BCUT2D eigenvalue weighted by Gasteiger charge is -2.16. The Hall–Kier alpha value is -0.220. The van der Waals surface area contributed by atoms with Crippen molar-refractivity contribution in [1.82, 2.24) is 0 Å². The molecule has 0 saturated heterocycles. The molecule has 0 bridgehead atoms. The van der Waals surface area contributed by atoms with Crippen LogP contribution in [0.2, 0.25) is 0 Å². The predicted octanol–water partition coefficient (Wildman–Crippen LogP) is 2.34. The molecule has 0 rings (SSSR count). The average molecular weight is 220 g/mol. The summed E-state index contributed by atoms with van der Waals surface area (Å²) in [6.45, 7) is 4.20. The van der Waals surface area contributed by atoms with E-state index in [1.54, 1.807) is 0 Å². The Labute approximate surface area is 91.5 Å². The van der Waals surface area contributed by atoms with Crippen molar-refractivity contribution in [2.75, 3.05) is 0 Å². The van der Waals surface area contributed by atoms with Crippen molar-refractivity contribution in [2.24, 2.45) is 5.92 Å². The SMILES string of the molecule is CCCCC(CC)CC(O)C(=O)OS. The topological polar surface area (TPSA) is 46.5 Å². The summed E-state index contributed by atoms with van der Waals surface area (Å²) in [5.74, 6) is -0.249. The van der Waals surface area contributed by atoms with E-state index in [0.717, 1.165) is 25.7 Å². The van der Waals surface area contributed by atoms with Crippen LogP contribution < -0.4 is 0 Å². The summed E-state index contributed by atoms with van der Waals surface area (Å²) < 4.78 is 4.17. The van der Waals surface area contributed by atoms with Gasteiger partial charge in [0.1, 0.15) is 0 Å². The number of aliphatic hydroxyl groups is 1. The Morgan fingerprint density at radius 3 is 2.57 bits per heavy atom. The van der Waals surface area contributed by atoms with Gasteiger partial charge in [0.25, 0.3) is 0 Å². The summed E-state index contributed by atoms with van der Waals surface area (Å²) in [5.41, 5.74) is 0. The van der Waals surface area contributed by atoms with Gasteiger partial charge in [0.2, 0.25) is 0 Å². The van der Waals surface area contributed by atoms with Crippen LogP contribution in [-0.4, -0.2) is 17.2 Å². The van der Waals surface area contributed by atoms with Crippen molar-refractivity contribution in [1.29, 1.82) is 0 Å². The van der Waals surface area contributed by atoms with Crippen molar-refractivity contribution < 1.29 is 14.1 Å². The lowest BCUT2D eigenvalue weighted by molar-refractivity contribution is -0.143. The normalized spacial score (nSPS) is 14.9. The molecule has 0 aliphatic heterocycles. The molecule has 4 heteroatoms. The molecule has 0 aromatic rings. The number of carbonyl (C=O) groups is 1. The maximum absolute atomic E-state index is 10.9. The van der Waals surface area contributed by atoms with E-state index in [2.05, 4.69) is 30.9 Å². The minimum Gasteiger partial charge on any atom is -0.393 e. The first-order chi connectivity index (χ1) is 6.65. The Kier molecular flexibility index (Phi) is 7.99. The molecular formula is C10H20O3S. The fourth-order valence-electron chi connectivity index (χ4n) is 1.45. The molecule has 1 N–H and O–H groups in total. The monoisotopic (exact) mass is 220 g/mol. The molecule has 14 heavy (non-hydrogen) atoms. The lowest BCUT2D eigenvalue weighted by atomic mass is 9.93. The number of hydrogen-bond acceptors (Lipinski definition) is 4. The van der Waals surface area contributed by atoms with E-state index in [9.17, 15) is 9.90 Å². The van der Waals surface area contributed by atoms with Crippen LogP contribution in [0.1, 0.15) is 46.0 Å². The molecule has 84 valence electrons. The van der Waals surface area contributed by atoms with Crippen LogP contribution >= 0.6 is 12.9 Å². The lowest BCUT2D eigenvalue weighted by Crippen LogP contribution is -2.23. The molecule has 0 aromatic heterocycles. The molecule has 0 heterocycles. The largest absolute Gasteiger partial charge is 0.393 e. The zero-order chi connectivity index (χ0) is 11.0. The van der Waals surface area contributed by atoms with Gasteiger partial charge in [-0.25, -0.2) is 4.79 Å². The van der Waals surface area contributed by atoms with Gasteiger partial charge < -0.3 is 9.29 Å². The summed E-state index contributed by atoms with van der Waals surface area (Å²) in [7, 11) is 0. The minimum atomic E-state index is -1.02. The van der Waals surface area contributed by atoms with E-state index in [1.807, 2.05) is 0 Å². The Bertz CT molecular complexity index is 161. The predicted molar refractivity (Wildman–Crippen MR) is 59.0 cm³/mol. The standard InChI is InChI=1S/C10H20O3S/c1-3-5-6-8(4-2)7-9(11)10(12)13-14/h8-9,11,14H,3-7H2,1-2H3. The summed E-state index contributed by atoms with van der Waals surface area (Å²) >= 11 is 3.37. The highest BCUT2D eigenvalue weighted by Crippen LogP contribution is 2.19. The second kappa shape index (κ2) is 8.12. The number of aliphatic hydroxyl groups excluding tert-OH is 1. The molecule has 0 fully saturated rings. The van der Waals surface area contributed by atoms with Crippen LogP contribution in [0.4, 0.5) is 0 Å². The Balaban J connectivity index is 3.85. The van der Waals surface area contributed by atoms with E-state index in [-0.39, 0.29) is 0 Å². The Morgan fingerprint density at radius 1 is 1.50 bits per heavy atom. The quantitative estimate of drug-likeness (QED) is 0.511. The van der Waals surface area contributed by atoms with Gasteiger partial charge in [-0.1, -0.05) is 39.5 Å². The van der Waals surface area contributed by atoms with Crippen molar-refractivity contribution in [2.45, 2.75) is 52.1 Å². The molecule has 0 aliphatic rings. The summed E-state index contributed by atoms with van der Waals surface area (Å²) in [4.78, 5) is 10.9. The molecule has 0 amide bonds. The summed E-state index contributed by atoms with van der Waals surface area (Å²) in [5, 5.41) is 9.40.